The minimum absolute atomic E-state index is 0.0688. The number of halogens is 3. The first-order valence-corrected chi connectivity index (χ1v) is 7.64. The summed E-state index contributed by atoms with van der Waals surface area (Å²) in [6.45, 7) is 4.07. The van der Waals surface area contributed by atoms with Crippen molar-refractivity contribution in [1.82, 2.24) is 24.7 Å². The minimum Gasteiger partial charge on any atom is -0.239 e. The SMILES string of the molecule is CC(C)c1csc(-c2ccnc(-n3ccc(C(F)(F)F)n3)n2)n1. The molecule has 9 heteroatoms. The van der Waals surface area contributed by atoms with Gasteiger partial charge < -0.3 is 0 Å². The lowest BCUT2D eigenvalue weighted by Gasteiger charge is -2.03. The van der Waals surface area contributed by atoms with Gasteiger partial charge in [-0.3, -0.25) is 0 Å². The highest BCUT2D eigenvalue weighted by Crippen LogP contribution is 2.28. The van der Waals surface area contributed by atoms with Crippen molar-refractivity contribution < 1.29 is 13.2 Å². The first-order valence-electron chi connectivity index (χ1n) is 6.76. The summed E-state index contributed by atoms with van der Waals surface area (Å²) in [6.07, 6.45) is -1.84. The zero-order chi connectivity index (χ0) is 16.6. The summed E-state index contributed by atoms with van der Waals surface area (Å²) in [5, 5.41) is 6.11. The van der Waals surface area contributed by atoms with Crippen LogP contribution in [-0.4, -0.2) is 24.7 Å². The van der Waals surface area contributed by atoms with Gasteiger partial charge in [0.2, 0.25) is 0 Å². The van der Waals surface area contributed by atoms with Crippen LogP contribution in [0.4, 0.5) is 13.2 Å². The summed E-state index contributed by atoms with van der Waals surface area (Å²) in [5.41, 5.74) is 0.516. The number of alkyl halides is 3. The van der Waals surface area contributed by atoms with Gasteiger partial charge in [-0.25, -0.2) is 19.6 Å². The number of hydrogen-bond acceptors (Lipinski definition) is 5. The van der Waals surface area contributed by atoms with Crippen LogP contribution in [0.25, 0.3) is 16.6 Å². The zero-order valence-electron chi connectivity index (χ0n) is 12.2. The van der Waals surface area contributed by atoms with Crippen LogP contribution in [0.3, 0.4) is 0 Å². The van der Waals surface area contributed by atoms with E-state index in [0.29, 0.717) is 16.6 Å². The highest BCUT2D eigenvalue weighted by molar-refractivity contribution is 7.13. The number of rotatable bonds is 3. The molecule has 3 aromatic heterocycles. The summed E-state index contributed by atoms with van der Waals surface area (Å²) >= 11 is 1.43. The number of thiazole rings is 1. The topological polar surface area (TPSA) is 56.5 Å². The van der Waals surface area contributed by atoms with Crippen molar-refractivity contribution in [3.8, 4) is 16.6 Å². The largest absolute Gasteiger partial charge is 0.435 e. The van der Waals surface area contributed by atoms with Crippen LogP contribution in [-0.2, 0) is 6.18 Å². The van der Waals surface area contributed by atoms with Crippen LogP contribution in [0.15, 0.2) is 29.9 Å². The van der Waals surface area contributed by atoms with Gasteiger partial charge in [0.15, 0.2) is 5.69 Å². The van der Waals surface area contributed by atoms with Gasteiger partial charge in [0.05, 0.1) is 5.69 Å². The van der Waals surface area contributed by atoms with Crippen LogP contribution in [0, 0.1) is 0 Å². The molecule has 0 aromatic carbocycles. The molecule has 23 heavy (non-hydrogen) atoms. The minimum atomic E-state index is -4.50. The molecule has 0 fully saturated rings. The van der Waals surface area contributed by atoms with E-state index >= 15 is 0 Å². The van der Waals surface area contributed by atoms with Gasteiger partial charge in [-0.2, -0.15) is 18.3 Å². The predicted octanol–water partition coefficient (Wildman–Crippen LogP) is 3.93. The smallest absolute Gasteiger partial charge is 0.239 e. The van der Waals surface area contributed by atoms with Crippen molar-refractivity contribution >= 4 is 11.3 Å². The lowest BCUT2D eigenvalue weighted by atomic mass is 10.2. The molecule has 0 aliphatic rings. The van der Waals surface area contributed by atoms with Crippen molar-refractivity contribution in [3.05, 3.63) is 41.3 Å². The Morgan fingerprint density at radius 3 is 2.57 bits per heavy atom. The summed E-state index contributed by atoms with van der Waals surface area (Å²) in [5.74, 6) is 0.362. The third-order valence-electron chi connectivity index (χ3n) is 3.06. The first kappa shape index (κ1) is 15.6. The van der Waals surface area contributed by atoms with E-state index in [9.17, 15) is 13.2 Å². The summed E-state index contributed by atoms with van der Waals surface area (Å²) < 4.78 is 38.8. The van der Waals surface area contributed by atoms with E-state index in [0.717, 1.165) is 16.4 Å². The Hall–Kier alpha value is -2.29. The molecule has 0 radical (unpaired) electrons. The molecular weight excluding hydrogens is 327 g/mol. The lowest BCUT2D eigenvalue weighted by molar-refractivity contribution is -0.141. The Bertz CT molecular complexity index is 822. The molecule has 3 aromatic rings. The molecule has 0 aliphatic carbocycles. The molecule has 0 spiro atoms. The number of aromatic nitrogens is 5. The van der Waals surface area contributed by atoms with Crippen LogP contribution in [0.5, 0.6) is 0 Å². The first-order chi connectivity index (χ1) is 10.8. The monoisotopic (exact) mass is 339 g/mol. The van der Waals surface area contributed by atoms with E-state index in [4.69, 9.17) is 0 Å². The summed E-state index contributed by atoms with van der Waals surface area (Å²) in [4.78, 5) is 12.7. The molecule has 3 heterocycles. The Kier molecular flexibility index (Phi) is 3.88. The quantitative estimate of drug-likeness (QED) is 0.725. The highest BCUT2D eigenvalue weighted by Gasteiger charge is 2.33. The van der Waals surface area contributed by atoms with Gasteiger partial charge in [0, 0.05) is 17.8 Å². The molecule has 0 aliphatic heterocycles. The number of nitrogens with zero attached hydrogens (tertiary/aromatic N) is 5. The van der Waals surface area contributed by atoms with E-state index in [1.165, 1.54) is 23.7 Å². The average molecular weight is 339 g/mol. The van der Waals surface area contributed by atoms with Crippen molar-refractivity contribution in [2.24, 2.45) is 0 Å². The van der Waals surface area contributed by atoms with Crippen LogP contribution in [0.1, 0.15) is 31.2 Å². The Morgan fingerprint density at radius 2 is 1.96 bits per heavy atom. The Balaban J connectivity index is 1.94. The molecule has 0 unspecified atom stereocenters. The molecule has 3 rings (SSSR count). The van der Waals surface area contributed by atoms with Gasteiger partial charge in [-0.05, 0) is 18.1 Å². The molecule has 5 nitrogen and oxygen atoms in total. The van der Waals surface area contributed by atoms with Gasteiger partial charge in [0.1, 0.15) is 10.7 Å². The molecule has 0 saturated heterocycles. The van der Waals surface area contributed by atoms with Gasteiger partial charge in [-0.15, -0.1) is 11.3 Å². The molecule has 0 bridgehead atoms. The summed E-state index contributed by atoms with van der Waals surface area (Å²) in [6, 6.07) is 2.55. The molecule has 0 N–H and O–H groups in total. The molecule has 0 saturated carbocycles. The molecule has 0 amide bonds. The maximum absolute atomic E-state index is 12.6. The Labute approximate surface area is 133 Å². The fourth-order valence-electron chi connectivity index (χ4n) is 1.83. The maximum atomic E-state index is 12.6. The van der Waals surface area contributed by atoms with Crippen LogP contribution in [0.2, 0.25) is 0 Å². The predicted molar refractivity (Wildman–Crippen MR) is 79.4 cm³/mol. The Morgan fingerprint density at radius 1 is 1.17 bits per heavy atom. The third kappa shape index (κ3) is 3.24. The maximum Gasteiger partial charge on any atom is 0.435 e. The van der Waals surface area contributed by atoms with Gasteiger partial charge in [-0.1, -0.05) is 13.8 Å². The van der Waals surface area contributed by atoms with E-state index in [1.54, 1.807) is 6.07 Å². The van der Waals surface area contributed by atoms with E-state index < -0.39 is 11.9 Å². The second kappa shape index (κ2) is 5.73. The molecule has 0 atom stereocenters. The third-order valence-corrected chi connectivity index (χ3v) is 3.94. The summed E-state index contributed by atoms with van der Waals surface area (Å²) in [7, 11) is 0. The fraction of sp³-hybridized carbons (Fsp3) is 0.286. The normalized spacial score (nSPS) is 12.1. The van der Waals surface area contributed by atoms with E-state index in [2.05, 4.69) is 20.1 Å². The van der Waals surface area contributed by atoms with Gasteiger partial charge in [0.25, 0.3) is 5.95 Å². The fourth-order valence-corrected chi connectivity index (χ4v) is 2.78. The van der Waals surface area contributed by atoms with Crippen LogP contribution >= 0.6 is 11.3 Å². The second-order valence-electron chi connectivity index (χ2n) is 5.12. The van der Waals surface area contributed by atoms with Crippen molar-refractivity contribution in [2.75, 3.05) is 0 Å². The van der Waals surface area contributed by atoms with Crippen molar-refractivity contribution in [1.29, 1.82) is 0 Å². The van der Waals surface area contributed by atoms with Crippen molar-refractivity contribution in [3.63, 3.8) is 0 Å². The second-order valence-corrected chi connectivity index (χ2v) is 5.98. The van der Waals surface area contributed by atoms with E-state index in [1.807, 2.05) is 19.2 Å². The molecular formula is C14H12F3N5S. The van der Waals surface area contributed by atoms with E-state index in [-0.39, 0.29) is 5.95 Å². The van der Waals surface area contributed by atoms with Crippen molar-refractivity contribution in [2.45, 2.75) is 25.9 Å². The average Bonchev–Trinajstić information content (AvgIpc) is 3.16. The molecule has 120 valence electrons. The lowest BCUT2D eigenvalue weighted by Crippen LogP contribution is -2.08. The number of hydrogen-bond donors (Lipinski definition) is 0. The zero-order valence-corrected chi connectivity index (χ0v) is 13.1. The standard InChI is InChI=1S/C14H12F3N5S/c1-8(2)10-7-23-12(19-10)9-3-5-18-13(20-9)22-6-4-11(21-22)14(15,16)17/h3-8H,1-2H3. The van der Waals surface area contributed by atoms with Gasteiger partial charge >= 0.3 is 6.18 Å². The highest BCUT2D eigenvalue weighted by atomic mass is 32.1. The van der Waals surface area contributed by atoms with Crippen LogP contribution < -0.4 is 0 Å².